The Labute approximate surface area is 118 Å². The maximum atomic E-state index is 11.8. The van der Waals surface area contributed by atoms with Crippen molar-refractivity contribution in [1.82, 2.24) is 9.78 Å². The van der Waals surface area contributed by atoms with Gasteiger partial charge in [0.05, 0.1) is 11.9 Å². The van der Waals surface area contributed by atoms with Gasteiger partial charge in [0.2, 0.25) is 0 Å². The molecule has 2 rings (SSSR count). The molecule has 0 radical (unpaired) electrons. The Morgan fingerprint density at radius 1 is 1.56 bits per heavy atom. The molecule has 0 saturated heterocycles. The number of aromatic nitrogens is 2. The molecule has 2 aromatic heterocycles. The van der Waals surface area contributed by atoms with Crippen molar-refractivity contribution in [2.45, 2.75) is 19.9 Å². The van der Waals surface area contributed by atoms with Crippen molar-refractivity contribution >= 4 is 33.0 Å². The molecule has 0 spiro atoms. The number of thiophene rings is 1. The number of nitrogens with zero attached hydrogens (tertiary/aromatic N) is 2. The highest BCUT2D eigenvalue weighted by molar-refractivity contribution is 9.10. The lowest BCUT2D eigenvalue weighted by molar-refractivity contribution is 0.613. The molecule has 0 atom stereocenters. The average molecular weight is 328 g/mol. The van der Waals surface area contributed by atoms with Gasteiger partial charge in [-0.15, -0.1) is 11.3 Å². The normalized spacial score (nSPS) is 10.6. The first kappa shape index (κ1) is 13.3. The first-order valence-electron chi connectivity index (χ1n) is 5.74. The molecule has 0 aliphatic heterocycles. The van der Waals surface area contributed by atoms with Crippen LogP contribution in [0.5, 0.6) is 0 Å². The van der Waals surface area contributed by atoms with Gasteiger partial charge in [0.15, 0.2) is 0 Å². The van der Waals surface area contributed by atoms with Crippen LogP contribution in [0.4, 0.5) is 5.69 Å². The van der Waals surface area contributed by atoms with Gasteiger partial charge in [0, 0.05) is 18.0 Å². The van der Waals surface area contributed by atoms with Crippen LogP contribution in [0.25, 0.3) is 0 Å². The zero-order chi connectivity index (χ0) is 13.0. The molecule has 96 valence electrons. The van der Waals surface area contributed by atoms with E-state index in [1.807, 2.05) is 13.0 Å². The SMILES string of the molecule is CCn1ncc(NCCc2cccs2)c(Br)c1=O. The standard InChI is InChI=1S/C12H14BrN3OS/c1-2-16-12(17)11(13)10(8-15-16)14-6-5-9-4-3-7-18-9/h3-4,7-8,14H,2,5-6H2,1H3. The lowest BCUT2D eigenvalue weighted by atomic mass is 10.3. The number of rotatable bonds is 5. The van der Waals surface area contributed by atoms with Crippen LogP contribution in [-0.2, 0) is 13.0 Å². The predicted octanol–water partition coefficient (Wildman–Crippen LogP) is 2.74. The molecule has 0 bridgehead atoms. The first-order chi connectivity index (χ1) is 8.72. The van der Waals surface area contributed by atoms with Gasteiger partial charge in [-0.2, -0.15) is 5.10 Å². The fourth-order valence-electron chi connectivity index (χ4n) is 1.59. The minimum atomic E-state index is -0.0985. The predicted molar refractivity (Wildman–Crippen MR) is 78.4 cm³/mol. The number of nitrogens with one attached hydrogen (secondary N) is 1. The highest BCUT2D eigenvalue weighted by atomic mass is 79.9. The molecule has 1 N–H and O–H groups in total. The lowest BCUT2D eigenvalue weighted by Gasteiger charge is -2.08. The molecule has 0 saturated carbocycles. The second kappa shape index (κ2) is 6.15. The molecule has 4 nitrogen and oxygen atoms in total. The molecule has 0 amide bonds. The van der Waals surface area contributed by atoms with Crippen LogP contribution in [0.1, 0.15) is 11.8 Å². The van der Waals surface area contributed by atoms with Gasteiger partial charge in [-0.05, 0) is 40.7 Å². The molecule has 6 heteroatoms. The summed E-state index contributed by atoms with van der Waals surface area (Å²) in [7, 11) is 0. The molecule has 0 unspecified atom stereocenters. The van der Waals surface area contributed by atoms with Gasteiger partial charge in [-0.3, -0.25) is 4.79 Å². The maximum Gasteiger partial charge on any atom is 0.283 e. The van der Waals surface area contributed by atoms with E-state index in [0.29, 0.717) is 11.0 Å². The minimum Gasteiger partial charge on any atom is -0.382 e. The van der Waals surface area contributed by atoms with Crippen LogP contribution < -0.4 is 10.9 Å². The monoisotopic (exact) mass is 327 g/mol. The van der Waals surface area contributed by atoms with E-state index < -0.39 is 0 Å². The smallest absolute Gasteiger partial charge is 0.283 e. The summed E-state index contributed by atoms with van der Waals surface area (Å²) in [6.45, 7) is 3.26. The van der Waals surface area contributed by atoms with Gasteiger partial charge in [-0.25, -0.2) is 4.68 Å². The van der Waals surface area contributed by atoms with Crippen molar-refractivity contribution in [2.75, 3.05) is 11.9 Å². The van der Waals surface area contributed by atoms with Gasteiger partial charge in [0.1, 0.15) is 4.47 Å². The first-order valence-corrected chi connectivity index (χ1v) is 7.41. The summed E-state index contributed by atoms with van der Waals surface area (Å²) in [5, 5.41) is 9.38. The van der Waals surface area contributed by atoms with E-state index >= 15 is 0 Å². The van der Waals surface area contributed by atoms with E-state index in [2.05, 4.69) is 37.8 Å². The Kier molecular flexibility index (Phi) is 4.54. The van der Waals surface area contributed by atoms with Crippen LogP contribution in [-0.4, -0.2) is 16.3 Å². The summed E-state index contributed by atoms with van der Waals surface area (Å²) < 4.78 is 1.97. The molecule has 0 aliphatic carbocycles. The molecular weight excluding hydrogens is 314 g/mol. The van der Waals surface area contributed by atoms with E-state index in [0.717, 1.165) is 18.7 Å². The molecular formula is C12H14BrN3OS. The number of halogens is 1. The van der Waals surface area contributed by atoms with Crippen molar-refractivity contribution in [3.05, 3.63) is 43.4 Å². The summed E-state index contributed by atoms with van der Waals surface area (Å²) in [4.78, 5) is 13.2. The van der Waals surface area contributed by atoms with Crippen LogP contribution in [0.3, 0.4) is 0 Å². The number of aryl methyl sites for hydroxylation is 1. The molecule has 0 fully saturated rings. The van der Waals surface area contributed by atoms with Crippen molar-refractivity contribution in [3.8, 4) is 0 Å². The minimum absolute atomic E-state index is 0.0985. The molecule has 18 heavy (non-hydrogen) atoms. The fourth-order valence-corrected chi connectivity index (χ4v) is 2.74. The van der Waals surface area contributed by atoms with Crippen LogP contribution in [0, 0.1) is 0 Å². The van der Waals surface area contributed by atoms with Crippen LogP contribution in [0.15, 0.2) is 33.0 Å². The number of anilines is 1. The van der Waals surface area contributed by atoms with Gasteiger partial charge < -0.3 is 5.32 Å². The molecule has 2 heterocycles. The summed E-state index contributed by atoms with van der Waals surface area (Å²) in [5.74, 6) is 0. The maximum absolute atomic E-state index is 11.8. The third-order valence-corrected chi connectivity index (χ3v) is 4.25. The van der Waals surface area contributed by atoms with Crippen molar-refractivity contribution in [1.29, 1.82) is 0 Å². The van der Waals surface area contributed by atoms with Crippen LogP contribution >= 0.6 is 27.3 Å². The summed E-state index contributed by atoms with van der Waals surface area (Å²) >= 11 is 5.06. The van der Waals surface area contributed by atoms with Gasteiger partial charge >= 0.3 is 0 Å². The van der Waals surface area contributed by atoms with Crippen molar-refractivity contribution in [2.24, 2.45) is 0 Å². The highest BCUT2D eigenvalue weighted by Gasteiger charge is 2.07. The average Bonchev–Trinajstić information content (AvgIpc) is 2.88. The molecule has 0 aromatic carbocycles. The van der Waals surface area contributed by atoms with E-state index in [9.17, 15) is 4.79 Å². The van der Waals surface area contributed by atoms with E-state index in [1.54, 1.807) is 17.5 Å². The Hall–Kier alpha value is -1.14. The summed E-state index contributed by atoms with van der Waals surface area (Å²) in [6, 6.07) is 4.15. The zero-order valence-electron chi connectivity index (χ0n) is 10.0. The van der Waals surface area contributed by atoms with Gasteiger partial charge in [-0.1, -0.05) is 6.07 Å². The second-order valence-corrected chi connectivity index (χ2v) is 5.57. The Bertz CT molecular complexity index is 565. The number of hydrogen-bond donors (Lipinski definition) is 1. The third kappa shape index (κ3) is 3.00. The lowest BCUT2D eigenvalue weighted by Crippen LogP contribution is -2.23. The van der Waals surface area contributed by atoms with Crippen LogP contribution in [0.2, 0.25) is 0 Å². The van der Waals surface area contributed by atoms with Gasteiger partial charge in [0.25, 0.3) is 5.56 Å². The van der Waals surface area contributed by atoms with E-state index in [4.69, 9.17) is 0 Å². The summed E-state index contributed by atoms with van der Waals surface area (Å²) in [6.07, 6.45) is 2.63. The topological polar surface area (TPSA) is 46.9 Å². The van der Waals surface area contributed by atoms with E-state index in [1.165, 1.54) is 9.56 Å². The zero-order valence-corrected chi connectivity index (χ0v) is 12.4. The fraction of sp³-hybridized carbons (Fsp3) is 0.333. The summed E-state index contributed by atoms with van der Waals surface area (Å²) in [5.41, 5.74) is 0.653. The Morgan fingerprint density at radius 2 is 2.39 bits per heavy atom. The largest absolute Gasteiger partial charge is 0.382 e. The highest BCUT2D eigenvalue weighted by Crippen LogP contribution is 2.16. The Balaban J connectivity index is 2.02. The molecule has 0 aliphatic rings. The van der Waals surface area contributed by atoms with E-state index in [-0.39, 0.29) is 5.56 Å². The Morgan fingerprint density at radius 3 is 3.06 bits per heavy atom. The number of hydrogen-bond acceptors (Lipinski definition) is 4. The van der Waals surface area contributed by atoms with Crippen molar-refractivity contribution in [3.63, 3.8) is 0 Å². The molecule has 2 aromatic rings. The quantitative estimate of drug-likeness (QED) is 0.918. The third-order valence-electron chi connectivity index (χ3n) is 2.55. The van der Waals surface area contributed by atoms with Crippen molar-refractivity contribution < 1.29 is 0 Å². The second-order valence-electron chi connectivity index (χ2n) is 3.75.